The van der Waals surface area contributed by atoms with Gasteiger partial charge in [-0.15, -0.1) is 0 Å². The van der Waals surface area contributed by atoms with Gasteiger partial charge >= 0.3 is 6.18 Å². The lowest BCUT2D eigenvalue weighted by atomic mass is 10.1. The highest BCUT2D eigenvalue weighted by atomic mass is 19.4. The van der Waals surface area contributed by atoms with Crippen molar-refractivity contribution in [1.29, 1.82) is 0 Å². The monoisotopic (exact) mass is 346 g/mol. The molecule has 0 saturated carbocycles. The minimum Gasteiger partial charge on any atom is -0.355 e. The number of nitrogens with one attached hydrogen (secondary N) is 3. The lowest BCUT2D eigenvalue weighted by Gasteiger charge is -2.17. The minimum atomic E-state index is -4.35. The Bertz CT molecular complexity index is 559. The van der Waals surface area contributed by atoms with Crippen LogP contribution in [-0.2, 0) is 22.3 Å². The van der Waals surface area contributed by atoms with Crippen molar-refractivity contribution in [2.24, 2.45) is 0 Å². The Kier molecular flexibility index (Phi) is 7.21. The number of hydrogen-bond acceptors (Lipinski definition) is 2. The summed E-state index contributed by atoms with van der Waals surface area (Å²) in [6.45, 7) is 4.38. The maximum atomic E-state index is 12.5. The van der Waals surface area contributed by atoms with Gasteiger partial charge < -0.3 is 15.5 Å². The molecule has 0 aromatic heterocycles. The second-order valence-corrected chi connectivity index (χ2v) is 5.69. The number of amides is 2. The van der Waals surface area contributed by atoms with Crippen LogP contribution in [0.25, 0.3) is 0 Å². The minimum absolute atomic E-state index is 0.116. The van der Waals surface area contributed by atoms with Crippen molar-refractivity contribution in [3.8, 4) is 0 Å². The van der Waals surface area contributed by atoms with E-state index < -0.39 is 17.8 Å². The first-order chi connectivity index (χ1) is 11.1. The summed E-state index contributed by atoms with van der Waals surface area (Å²) in [5.74, 6) is -0.551. The van der Waals surface area contributed by atoms with E-state index in [-0.39, 0.29) is 18.4 Å². The Morgan fingerprint density at radius 1 is 1.21 bits per heavy atom. The Balaban J connectivity index is 2.49. The van der Waals surface area contributed by atoms with Gasteiger partial charge in [-0.05, 0) is 26.0 Å². The molecule has 0 saturated heterocycles. The van der Waals surface area contributed by atoms with Crippen molar-refractivity contribution < 1.29 is 27.7 Å². The first-order valence-corrected chi connectivity index (χ1v) is 7.68. The molecule has 1 unspecified atom stereocenters. The number of benzene rings is 1. The van der Waals surface area contributed by atoms with Gasteiger partial charge in [0, 0.05) is 12.1 Å². The third kappa shape index (κ3) is 6.57. The molecule has 0 spiro atoms. The number of likely N-dealkylation sites (N-methyl/N-ethyl adjacent to an activating group) is 2. The van der Waals surface area contributed by atoms with Gasteiger partial charge in [-0.3, -0.25) is 9.59 Å². The molecule has 2 atom stereocenters. The molecule has 2 amide bonds. The molecule has 24 heavy (non-hydrogen) atoms. The number of rotatable bonds is 7. The highest BCUT2D eigenvalue weighted by Gasteiger charge is 2.30. The van der Waals surface area contributed by atoms with E-state index in [4.69, 9.17) is 0 Å². The summed E-state index contributed by atoms with van der Waals surface area (Å²) in [5.41, 5.74) is 0.00230. The van der Waals surface area contributed by atoms with Crippen LogP contribution in [0.2, 0.25) is 0 Å². The number of halogens is 3. The number of quaternary nitrogens is 1. The fourth-order valence-electron chi connectivity index (χ4n) is 2.18. The fourth-order valence-corrected chi connectivity index (χ4v) is 2.18. The quantitative estimate of drug-likeness (QED) is 0.668. The number of carbonyl (C=O) groups is 2. The number of hydrogen-bond donors (Lipinski definition) is 3. The number of carbonyl (C=O) groups excluding carboxylic acids is 2. The van der Waals surface area contributed by atoms with Crippen LogP contribution in [0.3, 0.4) is 0 Å². The van der Waals surface area contributed by atoms with Crippen molar-refractivity contribution >= 4 is 11.8 Å². The highest BCUT2D eigenvalue weighted by Crippen LogP contribution is 2.28. The van der Waals surface area contributed by atoms with Gasteiger partial charge in [-0.1, -0.05) is 12.1 Å². The third-order valence-corrected chi connectivity index (χ3v) is 3.37. The van der Waals surface area contributed by atoms with E-state index in [1.165, 1.54) is 12.1 Å². The molecule has 0 aliphatic rings. The summed E-state index contributed by atoms with van der Waals surface area (Å²) in [4.78, 5) is 24.2. The zero-order chi connectivity index (χ0) is 18.3. The largest absolute Gasteiger partial charge is 0.416 e. The molecule has 0 fully saturated rings. The van der Waals surface area contributed by atoms with E-state index >= 15 is 0 Å². The summed E-state index contributed by atoms with van der Waals surface area (Å²) < 4.78 is 37.5. The molecule has 0 aliphatic heterocycles. The summed E-state index contributed by atoms with van der Waals surface area (Å²) in [6.07, 6.45) is -4.35. The maximum absolute atomic E-state index is 12.5. The van der Waals surface area contributed by atoms with E-state index in [0.29, 0.717) is 18.7 Å². The summed E-state index contributed by atoms with van der Waals surface area (Å²) in [6, 6.07) is 4.24. The average Bonchev–Trinajstić information content (AvgIpc) is 2.46. The molecule has 1 aromatic rings. The van der Waals surface area contributed by atoms with Crippen LogP contribution in [0, 0.1) is 0 Å². The van der Waals surface area contributed by atoms with Crippen LogP contribution < -0.4 is 15.5 Å². The van der Waals surface area contributed by atoms with Crippen LogP contribution in [0.4, 0.5) is 13.2 Å². The molecule has 134 valence electrons. The van der Waals surface area contributed by atoms with Crippen molar-refractivity contribution in [1.82, 2.24) is 10.6 Å². The molecular formula is C16H23F3N3O2+. The molecular weight excluding hydrogens is 323 g/mol. The van der Waals surface area contributed by atoms with Gasteiger partial charge in [0.05, 0.1) is 12.6 Å². The summed E-state index contributed by atoms with van der Waals surface area (Å²) >= 11 is 0. The van der Waals surface area contributed by atoms with E-state index in [2.05, 4.69) is 10.6 Å². The Morgan fingerprint density at radius 2 is 1.79 bits per heavy atom. The average molecular weight is 346 g/mol. The van der Waals surface area contributed by atoms with Gasteiger partial charge in [0.1, 0.15) is 12.6 Å². The first kappa shape index (κ1) is 20.0. The lowest BCUT2D eigenvalue weighted by Crippen LogP contribution is -3.09. The molecule has 3 N–H and O–H groups in total. The van der Waals surface area contributed by atoms with Gasteiger partial charge in [-0.2, -0.15) is 13.2 Å². The third-order valence-electron chi connectivity index (χ3n) is 3.37. The van der Waals surface area contributed by atoms with Gasteiger partial charge in [0.2, 0.25) is 5.91 Å². The molecule has 0 heterocycles. The molecule has 1 aromatic carbocycles. The fraction of sp³-hybridized carbons (Fsp3) is 0.500. The van der Waals surface area contributed by atoms with E-state index in [1.54, 1.807) is 20.9 Å². The SMILES string of the molecule is CCNC(=O)[C@H](C)NC(=O)C[NH+](C)Cc1ccc(C(F)(F)F)cc1. The standard InChI is InChI=1S/C16H22F3N3O2/c1-4-20-15(24)11(2)21-14(23)10-22(3)9-12-5-7-13(8-6-12)16(17,18)19/h5-8,11H,4,9-10H2,1-3H3,(H,20,24)(H,21,23)/p+1/t11-/m0/s1. The second kappa shape index (κ2) is 8.68. The van der Waals surface area contributed by atoms with Gasteiger partial charge in [0.15, 0.2) is 6.54 Å². The first-order valence-electron chi connectivity index (χ1n) is 7.68. The highest BCUT2D eigenvalue weighted by molar-refractivity contribution is 5.87. The summed E-state index contributed by atoms with van der Waals surface area (Å²) in [5, 5.41) is 5.20. The predicted octanol–water partition coefficient (Wildman–Crippen LogP) is 0.361. The predicted molar refractivity (Wildman–Crippen MR) is 83.2 cm³/mol. The normalized spacial score (nSPS) is 13.9. The van der Waals surface area contributed by atoms with Crippen molar-refractivity contribution in [3.05, 3.63) is 35.4 Å². The molecule has 0 bridgehead atoms. The van der Waals surface area contributed by atoms with Crippen molar-refractivity contribution in [2.75, 3.05) is 20.1 Å². The van der Waals surface area contributed by atoms with Crippen molar-refractivity contribution in [3.63, 3.8) is 0 Å². The van der Waals surface area contributed by atoms with Crippen LogP contribution in [0.5, 0.6) is 0 Å². The van der Waals surface area contributed by atoms with Gasteiger partial charge in [0.25, 0.3) is 5.91 Å². The number of alkyl halides is 3. The van der Waals surface area contributed by atoms with E-state index in [0.717, 1.165) is 17.0 Å². The topological polar surface area (TPSA) is 62.6 Å². The molecule has 0 aliphatic carbocycles. The van der Waals surface area contributed by atoms with Crippen LogP contribution in [0.15, 0.2) is 24.3 Å². The molecule has 1 rings (SSSR count). The molecule has 8 heteroatoms. The Hall–Kier alpha value is -2.09. The van der Waals surface area contributed by atoms with Crippen molar-refractivity contribution in [2.45, 2.75) is 32.6 Å². The zero-order valence-corrected chi connectivity index (χ0v) is 14.0. The Morgan fingerprint density at radius 3 is 2.29 bits per heavy atom. The smallest absolute Gasteiger partial charge is 0.355 e. The maximum Gasteiger partial charge on any atom is 0.416 e. The van der Waals surface area contributed by atoms with Crippen LogP contribution >= 0.6 is 0 Å². The van der Waals surface area contributed by atoms with Gasteiger partial charge in [-0.25, -0.2) is 0 Å². The van der Waals surface area contributed by atoms with Crippen LogP contribution in [0.1, 0.15) is 25.0 Å². The summed E-state index contributed by atoms with van der Waals surface area (Å²) in [7, 11) is 1.76. The van der Waals surface area contributed by atoms with E-state index in [1.807, 2.05) is 0 Å². The Labute approximate surface area is 139 Å². The van der Waals surface area contributed by atoms with E-state index in [9.17, 15) is 22.8 Å². The molecule has 0 radical (unpaired) electrons. The molecule has 5 nitrogen and oxygen atoms in total. The van der Waals surface area contributed by atoms with Crippen LogP contribution in [-0.4, -0.2) is 38.0 Å². The zero-order valence-electron chi connectivity index (χ0n) is 14.0. The lowest BCUT2D eigenvalue weighted by molar-refractivity contribution is -0.885. The second-order valence-electron chi connectivity index (χ2n) is 5.69.